The molecule has 0 saturated carbocycles. The van der Waals surface area contributed by atoms with E-state index in [0.717, 1.165) is 24.9 Å². The van der Waals surface area contributed by atoms with E-state index in [1.54, 1.807) is 0 Å². The molecule has 3 heteroatoms. The average molecular weight is 246 g/mol. The summed E-state index contributed by atoms with van der Waals surface area (Å²) >= 11 is 0. The van der Waals surface area contributed by atoms with Crippen LogP contribution in [0.4, 0.5) is 0 Å². The highest BCUT2D eigenvalue weighted by Crippen LogP contribution is 2.10. The van der Waals surface area contributed by atoms with E-state index in [2.05, 4.69) is 17.6 Å². The van der Waals surface area contributed by atoms with Gasteiger partial charge in [-0.2, -0.15) is 0 Å². The molecule has 1 fully saturated rings. The van der Waals surface area contributed by atoms with Gasteiger partial charge in [0.1, 0.15) is 0 Å². The van der Waals surface area contributed by atoms with Crippen LogP contribution in [0.1, 0.15) is 30.9 Å². The summed E-state index contributed by atoms with van der Waals surface area (Å²) in [6, 6.07) is 8.93. The van der Waals surface area contributed by atoms with Crippen molar-refractivity contribution in [2.75, 3.05) is 6.54 Å². The number of hydrogen-bond acceptors (Lipinski definition) is 2. The second kappa shape index (κ2) is 6.01. The molecule has 0 aliphatic carbocycles. The predicted molar refractivity (Wildman–Crippen MR) is 73.5 cm³/mol. The number of piperidine rings is 1. The minimum absolute atomic E-state index is 0.130. The third-order valence-electron chi connectivity index (χ3n) is 3.64. The molecule has 0 bridgehead atoms. The molecule has 1 aliphatic rings. The van der Waals surface area contributed by atoms with Crippen LogP contribution in [0.25, 0.3) is 0 Å². The summed E-state index contributed by atoms with van der Waals surface area (Å²) in [7, 11) is 0. The van der Waals surface area contributed by atoms with Crippen molar-refractivity contribution >= 4 is 5.91 Å². The Morgan fingerprint density at radius 2 is 2.17 bits per heavy atom. The average Bonchev–Trinajstić information content (AvgIpc) is 2.35. The first-order chi connectivity index (χ1) is 8.65. The number of carbonyl (C=O) groups is 1. The smallest absolute Gasteiger partial charge is 0.224 e. The standard InChI is InChI=1S/C15H22N2O/c1-11-5-3-4-6-13(11)9-15(18)17-14-8-7-12(2)16-10-14/h3-6,12,14,16H,7-10H2,1-2H3,(H,17,18). The lowest BCUT2D eigenvalue weighted by atomic mass is 10.0. The van der Waals surface area contributed by atoms with E-state index in [4.69, 9.17) is 0 Å². The molecule has 2 rings (SSSR count). The molecule has 1 heterocycles. The fourth-order valence-corrected chi connectivity index (χ4v) is 2.38. The highest BCUT2D eigenvalue weighted by molar-refractivity contribution is 5.79. The van der Waals surface area contributed by atoms with Gasteiger partial charge in [0.2, 0.25) is 5.91 Å². The van der Waals surface area contributed by atoms with Crippen molar-refractivity contribution in [3.63, 3.8) is 0 Å². The summed E-state index contributed by atoms with van der Waals surface area (Å²) in [6.45, 7) is 5.12. The van der Waals surface area contributed by atoms with E-state index in [-0.39, 0.29) is 11.9 Å². The summed E-state index contributed by atoms with van der Waals surface area (Å²) in [6.07, 6.45) is 2.70. The third-order valence-corrected chi connectivity index (χ3v) is 3.64. The normalized spacial score (nSPS) is 23.7. The van der Waals surface area contributed by atoms with E-state index in [1.165, 1.54) is 5.56 Å². The third kappa shape index (κ3) is 3.57. The summed E-state index contributed by atoms with van der Waals surface area (Å²) in [5.74, 6) is 0.130. The first-order valence-electron chi connectivity index (χ1n) is 6.72. The minimum Gasteiger partial charge on any atom is -0.352 e. The molecule has 18 heavy (non-hydrogen) atoms. The summed E-state index contributed by atoms with van der Waals surface area (Å²) in [4.78, 5) is 12.0. The molecule has 0 aromatic heterocycles. The molecule has 0 spiro atoms. The topological polar surface area (TPSA) is 41.1 Å². The van der Waals surface area contributed by atoms with Crippen LogP contribution in [0, 0.1) is 6.92 Å². The van der Waals surface area contributed by atoms with Crippen LogP contribution < -0.4 is 10.6 Å². The molecule has 1 aromatic carbocycles. The van der Waals surface area contributed by atoms with Gasteiger partial charge in [0, 0.05) is 18.6 Å². The predicted octanol–water partition coefficient (Wildman–Crippen LogP) is 1.79. The van der Waals surface area contributed by atoms with Gasteiger partial charge in [-0.05, 0) is 37.8 Å². The summed E-state index contributed by atoms with van der Waals surface area (Å²) in [5, 5.41) is 6.51. The van der Waals surface area contributed by atoms with Gasteiger partial charge in [0.25, 0.3) is 0 Å². The van der Waals surface area contributed by atoms with Crippen molar-refractivity contribution in [2.24, 2.45) is 0 Å². The van der Waals surface area contributed by atoms with Gasteiger partial charge in [0.15, 0.2) is 0 Å². The van der Waals surface area contributed by atoms with Gasteiger partial charge in [-0.1, -0.05) is 24.3 Å². The molecule has 1 saturated heterocycles. The fraction of sp³-hybridized carbons (Fsp3) is 0.533. The lowest BCUT2D eigenvalue weighted by Crippen LogP contribution is -2.49. The lowest BCUT2D eigenvalue weighted by Gasteiger charge is -2.28. The summed E-state index contributed by atoms with van der Waals surface area (Å²) < 4.78 is 0. The highest BCUT2D eigenvalue weighted by atomic mass is 16.1. The van der Waals surface area contributed by atoms with E-state index in [9.17, 15) is 4.79 Å². The quantitative estimate of drug-likeness (QED) is 0.854. The second-order valence-electron chi connectivity index (χ2n) is 5.25. The Bertz CT molecular complexity index is 409. The second-order valence-corrected chi connectivity index (χ2v) is 5.25. The molecule has 2 atom stereocenters. The zero-order valence-electron chi connectivity index (χ0n) is 11.2. The van der Waals surface area contributed by atoms with Crippen molar-refractivity contribution < 1.29 is 4.79 Å². The van der Waals surface area contributed by atoms with Crippen molar-refractivity contribution in [1.29, 1.82) is 0 Å². The molecule has 98 valence electrons. The maximum atomic E-state index is 12.0. The van der Waals surface area contributed by atoms with Gasteiger partial charge in [-0.15, -0.1) is 0 Å². The Morgan fingerprint density at radius 3 is 2.83 bits per heavy atom. The number of hydrogen-bond donors (Lipinski definition) is 2. The Labute approximate surface area is 109 Å². The van der Waals surface area contributed by atoms with Crippen molar-refractivity contribution in [2.45, 2.75) is 45.2 Å². The van der Waals surface area contributed by atoms with Crippen LogP contribution in [-0.4, -0.2) is 24.5 Å². The van der Waals surface area contributed by atoms with Crippen LogP contribution in [0.15, 0.2) is 24.3 Å². The largest absolute Gasteiger partial charge is 0.352 e. The number of rotatable bonds is 3. The first-order valence-corrected chi connectivity index (χ1v) is 6.72. The Kier molecular flexibility index (Phi) is 4.37. The van der Waals surface area contributed by atoms with E-state index >= 15 is 0 Å². The van der Waals surface area contributed by atoms with Crippen molar-refractivity contribution in [3.8, 4) is 0 Å². The van der Waals surface area contributed by atoms with E-state index < -0.39 is 0 Å². The number of carbonyl (C=O) groups excluding carboxylic acids is 1. The van der Waals surface area contributed by atoms with Crippen molar-refractivity contribution in [1.82, 2.24) is 10.6 Å². The molecule has 0 radical (unpaired) electrons. The van der Waals surface area contributed by atoms with Crippen LogP contribution >= 0.6 is 0 Å². The molecule has 1 amide bonds. The zero-order valence-corrected chi connectivity index (χ0v) is 11.2. The number of amides is 1. The maximum absolute atomic E-state index is 12.0. The molecule has 1 aromatic rings. The van der Waals surface area contributed by atoms with Gasteiger partial charge in [-0.3, -0.25) is 4.79 Å². The van der Waals surface area contributed by atoms with E-state index in [1.807, 2.05) is 31.2 Å². The minimum atomic E-state index is 0.130. The van der Waals surface area contributed by atoms with E-state index in [0.29, 0.717) is 12.5 Å². The van der Waals surface area contributed by atoms with Crippen LogP contribution in [0.3, 0.4) is 0 Å². The number of nitrogens with one attached hydrogen (secondary N) is 2. The van der Waals surface area contributed by atoms with Gasteiger partial charge >= 0.3 is 0 Å². The first kappa shape index (κ1) is 13.1. The highest BCUT2D eigenvalue weighted by Gasteiger charge is 2.19. The number of aryl methyl sites for hydroxylation is 1. The summed E-state index contributed by atoms with van der Waals surface area (Å²) in [5.41, 5.74) is 2.30. The maximum Gasteiger partial charge on any atom is 0.224 e. The van der Waals surface area contributed by atoms with Crippen LogP contribution in [-0.2, 0) is 11.2 Å². The lowest BCUT2D eigenvalue weighted by molar-refractivity contribution is -0.121. The Hall–Kier alpha value is -1.35. The van der Waals surface area contributed by atoms with Crippen LogP contribution in [0.5, 0.6) is 0 Å². The fourth-order valence-electron chi connectivity index (χ4n) is 2.38. The van der Waals surface area contributed by atoms with Gasteiger partial charge in [0.05, 0.1) is 6.42 Å². The van der Waals surface area contributed by atoms with Gasteiger partial charge in [-0.25, -0.2) is 0 Å². The Balaban J connectivity index is 1.84. The molecule has 2 N–H and O–H groups in total. The SMILES string of the molecule is Cc1ccccc1CC(=O)NC1CCC(C)NC1. The Morgan fingerprint density at radius 1 is 1.39 bits per heavy atom. The zero-order chi connectivity index (χ0) is 13.0. The molecular weight excluding hydrogens is 224 g/mol. The van der Waals surface area contributed by atoms with Gasteiger partial charge < -0.3 is 10.6 Å². The van der Waals surface area contributed by atoms with Crippen LogP contribution in [0.2, 0.25) is 0 Å². The molecule has 3 nitrogen and oxygen atoms in total. The monoisotopic (exact) mass is 246 g/mol. The molecule has 2 unspecified atom stereocenters. The van der Waals surface area contributed by atoms with Crippen molar-refractivity contribution in [3.05, 3.63) is 35.4 Å². The number of benzene rings is 1. The molecule has 1 aliphatic heterocycles. The molecular formula is C15H22N2O.